The lowest BCUT2D eigenvalue weighted by Crippen LogP contribution is -2.41. The summed E-state index contributed by atoms with van der Waals surface area (Å²) >= 11 is 0. The van der Waals surface area contributed by atoms with E-state index in [1.807, 2.05) is 0 Å². The number of benzene rings is 4. The summed E-state index contributed by atoms with van der Waals surface area (Å²) in [5.41, 5.74) is -2.74. The molecule has 0 bridgehead atoms. The fraction of sp³-hybridized carbons (Fsp3) is 0.206. The number of phenols is 1. The molecule has 2 aliphatic heterocycles. The van der Waals surface area contributed by atoms with Crippen molar-refractivity contribution in [3.05, 3.63) is 124 Å². The van der Waals surface area contributed by atoms with Gasteiger partial charge in [0.2, 0.25) is 0 Å². The number of hydrogen-bond acceptors (Lipinski definition) is 6. The fourth-order valence-electron chi connectivity index (χ4n) is 6.08. The topological polar surface area (TPSA) is 95.9 Å². The number of rotatable bonds is 4. The van der Waals surface area contributed by atoms with Crippen molar-refractivity contribution in [2.45, 2.75) is 32.5 Å². The molecular formula is C34H27F5N2O5S. The predicted octanol–water partition coefficient (Wildman–Crippen LogP) is 8.35. The molecule has 0 saturated heterocycles. The highest BCUT2D eigenvalue weighted by atomic mass is 32.2. The number of phenolic OH excluding ortho intramolecular Hbond substituents is 1. The third-order valence-electron chi connectivity index (χ3n) is 7.94. The molecule has 2 heterocycles. The van der Waals surface area contributed by atoms with Gasteiger partial charge in [-0.3, -0.25) is 9.69 Å². The van der Waals surface area contributed by atoms with Gasteiger partial charge in [-0.2, -0.15) is 13.2 Å². The number of fused-ring (bicyclic) bond motifs is 1. The van der Waals surface area contributed by atoms with Gasteiger partial charge in [-0.25, -0.2) is 17.2 Å². The van der Waals surface area contributed by atoms with Crippen molar-refractivity contribution in [2.24, 2.45) is 5.41 Å². The van der Waals surface area contributed by atoms with Crippen molar-refractivity contribution in [3.63, 3.8) is 0 Å². The molecule has 1 atom stereocenters. The van der Waals surface area contributed by atoms with Crippen LogP contribution in [-0.4, -0.2) is 25.2 Å². The zero-order chi connectivity index (χ0) is 33.9. The molecule has 7 nitrogen and oxygen atoms in total. The maximum atomic E-state index is 16.3. The first kappa shape index (κ1) is 32.0. The van der Waals surface area contributed by atoms with E-state index in [1.54, 1.807) is 13.8 Å². The van der Waals surface area contributed by atoms with Gasteiger partial charge < -0.3 is 15.2 Å². The number of nitrogens with zero attached hydrogens (tertiary/aromatic N) is 1. The molecule has 6 rings (SSSR count). The molecule has 244 valence electrons. The fourth-order valence-corrected chi connectivity index (χ4v) is 8.44. The normalized spacial score (nSPS) is 18.4. The largest absolute Gasteiger partial charge is 0.506 e. The standard InChI is InChI=1S/C34H27F5N2O5S/c1-33(2)17-25-31(47(44,45)18-33)30(20-15-14-19(16-24(20)36)46-28-13-6-4-9-22(28)34(37,38)39)41(26-11-7-12-27(42)29(26)40-25)32(43)21-8-3-5-10-23(21)35/h3-16,30,40,42H,17-18H2,1-2H3. The third kappa shape index (κ3) is 5.91. The van der Waals surface area contributed by atoms with Crippen molar-refractivity contribution in [3.8, 4) is 17.2 Å². The second kappa shape index (κ2) is 11.4. The average Bonchev–Trinajstić information content (AvgIpc) is 3.11. The van der Waals surface area contributed by atoms with E-state index in [1.165, 1.54) is 48.5 Å². The Bertz CT molecular complexity index is 2060. The summed E-state index contributed by atoms with van der Waals surface area (Å²) in [6.45, 7) is 3.44. The monoisotopic (exact) mass is 670 g/mol. The number of amides is 1. The molecule has 1 amide bonds. The highest BCUT2D eigenvalue weighted by Gasteiger charge is 2.48. The summed E-state index contributed by atoms with van der Waals surface area (Å²) in [6.07, 6.45) is -4.65. The lowest BCUT2D eigenvalue weighted by molar-refractivity contribution is -0.138. The number of hydrogen-bond donors (Lipinski definition) is 2. The van der Waals surface area contributed by atoms with Crippen LogP contribution in [0.25, 0.3) is 0 Å². The van der Waals surface area contributed by atoms with E-state index in [4.69, 9.17) is 4.74 Å². The zero-order valence-corrected chi connectivity index (χ0v) is 25.7. The van der Waals surface area contributed by atoms with Crippen LogP contribution in [0.3, 0.4) is 0 Å². The Morgan fingerprint density at radius 3 is 2.36 bits per heavy atom. The second-order valence-electron chi connectivity index (χ2n) is 12.1. The molecule has 0 aromatic heterocycles. The van der Waals surface area contributed by atoms with Gasteiger partial charge in [-0.15, -0.1) is 0 Å². The number of halogens is 5. The Morgan fingerprint density at radius 2 is 1.66 bits per heavy atom. The number of ether oxygens (including phenoxy) is 1. The number of carbonyl (C=O) groups excluding carboxylic acids is 1. The Morgan fingerprint density at radius 1 is 0.957 bits per heavy atom. The van der Waals surface area contributed by atoms with Gasteiger partial charge in [0.15, 0.2) is 9.84 Å². The van der Waals surface area contributed by atoms with E-state index in [-0.39, 0.29) is 51.2 Å². The van der Waals surface area contributed by atoms with Crippen molar-refractivity contribution in [2.75, 3.05) is 16.0 Å². The number of nitrogens with one attached hydrogen (secondary N) is 1. The van der Waals surface area contributed by atoms with Gasteiger partial charge in [0.05, 0.1) is 27.5 Å². The Balaban J connectivity index is 1.59. The summed E-state index contributed by atoms with van der Waals surface area (Å²) in [4.78, 5) is 14.8. The number of para-hydroxylation sites is 2. The molecule has 4 aromatic carbocycles. The zero-order valence-electron chi connectivity index (χ0n) is 24.9. The molecule has 1 unspecified atom stereocenters. The van der Waals surface area contributed by atoms with E-state index >= 15 is 8.78 Å². The number of allylic oxidation sites excluding steroid dienone is 1. The summed E-state index contributed by atoms with van der Waals surface area (Å²) in [6, 6.07) is 14.8. The van der Waals surface area contributed by atoms with Crippen LogP contribution < -0.4 is 15.0 Å². The van der Waals surface area contributed by atoms with Gasteiger partial charge in [0.25, 0.3) is 5.91 Å². The minimum atomic E-state index is -4.76. The lowest BCUT2D eigenvalue weighted by atomic mass is 9.88. The van der Waals surface area contributed by atoms with Gasteiger partial charge in [0, 0.05) is 17.3 Å². The molecule has 0 aliphatic carbocycles. The summed E-state index contributed by atoms with van der Waals surface area (Å²) in [7, 11) is -4.27. The van der Waals surface area contributed by atoms with Gasteiger partial charge >= 0.3 is 6.18 Å². The van der Waals surface area contributed by atoms with E-state index in [0.29, 0.717) is 0 Å². The molecule has 0 spiro atoms. The van der Waals surface area contributed by atoms with E-state index in [9.17, 15) is 31.5 Å². The van der Waals surface area contributed by atoms with E-state index < -0.39 is 61.9 Å². The number of sulfone groups is 1. The van der Waals surface area contributed by atoms with Crippen LogP contribution in [0.5, 0.6) is 17.2 Å². The lowest BCUT2D eigenvalue weighted by Gasteiger charge is -2.37. The smallest absolute Gasteiger partial charge is 0.419 e. The molecule has 4 aromatic rings. The summed E-state index contributed by atoms with van der Waals surface area (Å²) in [5, 5.41) is 13.9. The minimum absolute atomic E-state index is 0.0517. The van der Waals surface area contributed by atoms with Crippen LogP contribution in [0, 0.1) is 17.0 Å². The van der Waals surface area contributed by atoms with Crippen LogP contribution in [0.2, 0.25) is 0 Å². The maximum Gasteiger partial charge on any atom is 0.419 e. The Kier molecular flexibility index (Phi) is 7.78. The number of anilines is 2. The highest BCUT2D eigenvalue weighted by molar-refractivity contribution is 7.95. The van der Waals surface area contributed by atoms with Crippen LogP contribution in [0.4, 0.5) is 33.3 Å². The predicted molar refractivity (Wildman–Crippen MR) is 165 cm³/mol. The van der Waals surface area contributed by atoms with Gasteiger partial charge in [-0.05, 0) is 60.4 Å². The van der Waals surface area contributed by atoms with Gasteiger partial charge in [-0.1, -0.05) is 44.2 Å². The van der Waals surface area contributed by atoms with Crippen LogP contribution in [-0.2, 0) is 16.0 Å². The Hall–Kier alpha value is -4.91. The van der Waals surface area contributed by atoms with Gasteiger partial charge in [0.1, 0.15) is 40.6 Å². The maximum absolute atomic E-state index is 16.3. The first-order chi connectivity index (χ1) is 22.1. The molecule has 47 heavy (non-hydrogen) atoms. The highest BCUT2D eigenvalue weighted by Crippen LogP contribution is 2.52. The first-order valence-electron chi connectivity index (χ1n) is 14.3. The number of carbonyl (C=O) groups is 1. The van der Waals surface area contributed by atoms with Crippen LogP contribution in [0.1, 0.15) is 47.8 Å². The Labute approximate surface area is 266 Å². The van der Waals surface area contributed by atoms with Crippen molar-refractivity contribution >= 4 is 27.1 Å². The molecule has 2 aliphatic rings. The second-order valence-corrected chi connectivity index (χ2v) is 14.0. The van der Waals surface area contributed by atoms with E-state index in [2.05, 4.69) is 5.32 Å². The molecule has 13 heteroatoms. The van der Waals surface area contributed by atoms with Crippen LogP contribution >= 0.6 is 0 Å². The summed E-state index contributed by atoms with van der Waals surface area (Å²) < 4.78 is 106. The van der Waals surface area contributed by atoms with Crippen LogP contribution in [0.15, 0.2) is 95.5 Å². The molecule has 0 fully saturated rings. The minimum Gasteiger partial charge on any atom is -0.506 e. The third-order valence-corrected chi connectivity index (χ3v) is 10.2. The van der Waals surface area contributed by atoms with Crippen molar-refractivity contribution < 1.29 is 45.0 Å². The van der Waals surface area contributed by atoms with Crippen molar-refractivity contribution in [1.82, 2.24) is 0 Å². The van der Waals surface area contributed by atoms with Crippen molar-refractivity contribution in [1.29, 1.82) is 0 Å². The SMILES string of the molecule is CC1(C)CC2=C(C(c3ccc(Oc4ccccc4C(F)(F)F)cc3F)N(C(=O)c3ccccc3F)c3cccc(O)c3N2)S(=O)(=O)C1. The molecule has 0 saturated carbocycles. The number of aromatic hydroxyl groups is 1. The number of alkyl halides is 3. The molecule has 0 radical (unpaired) electrons. The quantitative estimate of drug-likeness (QED) is 0.167. The first-order valence-corrected chi connectivity index (χ1v) is 16.0. The van der Waals surface area contributed by atoms with E-state index in [0.717, 1.165) is 41.3 Å². The molecular weight excluding hydrogens is 643 g/mol. The average molecular weight is 671 g/mol. The molecule has 2 N–H and O–H groups in total. The summed E-state index contributed by atoms with van der Waals surface area (Å²) in [5.74, 6) is -4.72.